The number of hydrogen-bond donors (Lipinski definition) is 2. The summed E-state index contributed by atoms with van der Waals surface area (Å²) >= 11 is 0. The Morgan fingerprint density at radius 2 is 2.07 bits per heavy atom. The van der Waals surface area contributed by atoms with Gasteiger partial charge in [-0.1, -0.05) is 19.1 Å². The minimum absolute atomic E-state index is 0.00893. The first kappa shape index (κ1) is 21.3. The second kappa shape index (κ2) is 8.77. The van der Waals surface area contributed by atoms with Gasteiger partial charge >= 0.3 is 11.9 Å². The van der Waals surface area contributed by atoms with Crippen LogP contribution >= 0.6 is 0 Å². The maximum atomic E-state index is 12.8. The smallest absolute Gasteiger partial charge is 0.341 e. The molecule has 8 nitrogen and oxygen atoms in total. The van der Waals surface area contributed by atoms with Crippen molar-refractivity contribution in [1.29, 1.82) is 0 Å². The van der Waals surface area contributed by atoms with Crippen LogP contribution in [-0.4, -0.2) is 77.9 Å². The van der Waals surface area contributed by atoms with Gasteiger partial charge < -0.3 is 24.6 Å². The lowest BCUT2D eigenvalue weighted by molar-refractivity contribution is -0.176. The first-order valence-electron chi connectivity index (χ1n) is 9.01. The fraction of sp³-hybridized carbons (Fsp3) is 0.632. The van der Waals surface area contributed by atoms with Crippen molar-refractivity contribution >= 4 is 17.7 Å². The highest BCUT2D eigenvalue weighted by Gasteiger charge is 2.44. The van der Waals surface area contributed by atoms with Gasteiger partial charge in [0, 0.05) is 36.6 Å². The first-order valence-corrected chi connectivity index (χ1v) is 9.01. The molecule has 0 unspecified atom stereocenters. The maximum absolute atomic E-state index is 12.8. The van der Waals surface area contributed by atoms with E-state index in [9.17, 15) is 24.6 Å². The molecule has 2 rings (SSSR count). The van der Waals surface area contributed by atoms with E-state index in [0.29, 0.717) is 19.5 Å². The summed E-state index contributed by atoms with van der Waals surface area (Å²) in [5.41, 5.74) is -1.77. The first-order chi connectivity index (χ1) is 12.7. The third-order valence-corrected chi connectivity index (χ3v) is 5.19. The van der Waals surface area contributed by atoms with Crippen LogP contribution in [0.5, 0.6) is 0 Å². The van der Waals surface area contributed by atoms with E-state index < -0.39 is 42.0 Å². The quantitative estimate of drug-likeness (QED) is 0.481. The third kappa shape index (κ3) is 4.63. The van der Waals surface area contributed by atoms with Crippen LogP contribution in [0.3, 0.4) is 0 Å². The van der Waals surface area contributed by atoms with Crippen LogP contribution in [0.15, 0.2) is 23.3 Å². The number of fused-ring (bicyclic) bond motifs is 2. The van der Waals surface area contributed by atoms with Crippen LogP contribution in [-0.2, 0) is 23.9 Å². The molecule has 2 aliphatic heterocycles. The highest BCUT2D eigenvalue weighted by atomic mass is 16.6. The molecule has 27 heavy (non-hydrogen) atoms. The van der Waals surface area contributed by atoms with Gasteiger partial charge in [-0.3, -0.25) is 4.79 Å². The topological polar surface area (TPSA) is 113 Å². The largest absolute Gasteiger partial charge is 0.458 e. The predicted octanol–water partition coefficient (Wildman–Crippen LogP) is -0.0181. The summed E-state index contributed by atoms with van der Waals surface area (Å²) in [6.45, 7) is 2.99. The molecule has 3 atom stereocenters. The Bertz CT molecular complexity index is 669. The number of nitrogens with zero attached hydrogens (tertiary/aromatic N) is 1. The van der Waals surface area contributed by atoms with Crippen molar-refractivity contribution in [2.24, 2.45) is 5.92 Å². The molecular weight excluding hydrogens is 354 g/mol. The zero-order valence-electron chi connectivity index (χ0n) is 15.9. The highest BCUT2D eigenvalue weighted by molar-refractivity contribution is 6.01. The second-order valence-electron chi connectivity index (χ2n) is 7.12. The van der Waals surface area contributed by atoms with Crippen molar-refractivity contribution in [3.63, 3.8) is 0 Å². The van der Waals surface area contributed by atoms with E-state index in [0.717, 1.165) is 0 Å². The Labute approximate surface area is 158 Å². The van der Waals surface area contributed by atoms with Gasteiger partial charge in [0.2, 0.25) is 5.78 Å². The number of ether oxygens (including phenoxy) is 2. The van der Waals surface area contributed by atoms with Gasteiger partial charge in [0.15, 0.2) is 11.7 Å². The molecule has 0 aromatic heterocycles. The molecule has 2 heterocycles. The van der Waals surface area contributed by atoms with Crippen molar-refractivity contribution in [2.45, 2.75) is 38.4 Å². The zero-order chi connectivity index (χ0) is 20.2. The summed E-state index contributed by atoms with van der Waals surface area (Å²) in [6.07, 6.45) is 2.50. The number of cyclic esters (lactones) is 1. The number of Topliss-reactive ketones (excluding diaryl/α,β-unsaturated/α-hetero) is 1. The van der Waals surface area contributed by atoms with E-state index in [2.05, 4.69) is 0 Å². The monoisotopic (exact) mass is 381 g/mol. The molecule has 0 aromatic carbocycles. The number of carbonyl (C=O) groups is 3. The van der Waals surface area contributed by atoms with Crippen molar-refractivity contribution in [3.8, 4) is 0 Å². The molecule has 0 aromatic rings. The van der Waals surface area contributed by atoms with E-state index in [1.807, 2.05) is 11.9 Å². The Hall–Kier alpha value is -2.03. The van der Waals surface area contributed by atoms with Crippen molar-refractivity contribution in [2.75, 3.05) is 33.4 Å². The fourth-order valence-electron chi connectivity index (χ4n) is 3.09. The molecule has 0 radical (unpaired) electrons. The lowest BCUT2D eigenvalue weighted by Crippen LogP contribution is -2.50. The van der Waals surface area contributed by atoms with Crippen LogP contribution in [0.2, 0.25) is 0 Å². The van der Waals surface area contributed by atoms with Crippen LogP contribution in [0.1, 0.15) is 26.7 Å². The molecule has 8 heteroatoms. The van der Waals surface area contributed by atoms with E-state index in [1.54, 1.807) is 13.0 Å². The van der Waals surface area contributed by atoms with Gasteiger partial charge in [-0.15, -0.1) is 0 Å². The lowest BCUT2D eigenvalue weighted by Gasteiger charge is -2.32. The summed E-state index contributed by atoms with van der Waals surface area (Å²) in [6, 6.07) is 0. The number of allylic oxidation sites excluding steroid dienone is 1. The minimum atomic E-state index is -2.19. The number of carbonyl (C=O) groups excluding carboxylic acids is 3. The molecule has 150 valence electrons. The Balaban J connectivity index is 2.44. The number of aliphatic hydroxyl groups is 2. The number of likely N-dealkylation sites (N-methyl/N-ethyl adjacent to an activating group) is 1. The van der Waals surface area contributed by atoms with E-state index in [4.69, 9.17) is 9.47 Å². The average Bonchev–Trinajstić information content (AvgIpc) is 2.65. The standard InChI is InChI=1S/C19H27NO7/c1-4-13-9-12(2)19(25,11-21)18(24)26-10-14-5-7-20(3)8-6-15(16(14)22)27-17(13)23/h4-5,12,15,21,25H,6-11H2,1-3H3/b13-4-,14-5?/t12-,15-,19-/m1/s1. The van der Waals surface area contributed by atoms with E-state index >= 15 is 0 Å². The number of rotatable bonds is 1. The summed E-state index contributed by atoms with van der Waals surface area (Å²) in [4.78, 5) is 39.7. The van der Waals surface area contributed by atoms with Crippen molar-refractivity contribution in [1.82, 2.24) is 4.90 Å². The molecule has 2 bridgehead atoms. The molecule has 0 saturated carbocycles. The van der Waals surface area contributed by atoms with Crippen LogP contribution < -0.4 is 0 Å². The number of ketones is 1. The number of aliphatic hydroxyl groups excluding tert-OH is 1. The fourth-order valence-corrected chi connectivity index (χ4v) is 3.09. The van der Waals surface area contributed by atoms with Gasteiger partial charge in [0.1, 0.15) is 6.61 Å². The average molecular weight is 381 g/mol. The molecular formula is C19H27NO7. The Morgan fingerprint density at radius 3 is 2.70 bits per heavy atom. The number of hydrogen-bond acceptors (Lipinski definition) is 8. The third-order valence-electron chi connectivity index (χ3n) is 5.19. The summed E-state index contributed by atoms with van der Waals surface area (Å²) in [5, 5.41) is 20.2. The van der Waals surface area contributed by atoms with E-state index in [-0.39, 0.29) is 24.2 Å². The summed E-state index contributed by atoms with van der Waals surface area (Å²) in [5.74, 6) is -2.91. The SMILES string of the molecule is C/C=C1/C[C@@H](C)[C@](O)(CO)C(=O)OCC2=CCN(C)CC[C@@H](OC1=O)C2=O. The maximum Gasteiger partial charge on any atom is 0.341 e. The van der Waals surface area contributed by atoms with Crippen LogP contribution in [0.25, 0.3) is 0 Å². The molecule has 0 aliphatic carbocycles. The second-order valence-corrected chi connectivity index (χ2v) is 7.12. The van der Waals surface area contributed by atoms with Crippen molar-refractivity contribution < 1.29 is 34.1 Å². The van der Waals surface area contributed by atoms with Crippen molar-refractivity contribution in [3.05, 3.63) is 23.3 Å². The van der Waals surface area contributed by atoms with Gasteiger partial charge in [0.25, 0.3) is 0 Å². The summed E-state index contributed by atoms with van der Waals surface area (Å²) in [7, 11) is 1.86. The summed E-state index contributed by atoms with van der Waals surface area (Å²) < 4.78 is 10.6. The Kier molecular flexibility index (Phi) is 6.91. The van der Waals surface area contributed by atoms with Crippen LogP contribution in [0.4, 0.5) is 0 Å². The van der Waals surface area contributed by atoms with E-state index in [1.165, 1.54) is 13.0 Å². The Morgan fingerprint density at radius 1 is 1.37 bits per heavy atom. The lowest BCUT2D eigenvalue weighted by atomic mass is 9.84. The molecule has 0 amide bonds. The molecule has 2 aliphatic rings. The number of esters is 2. The molecule has 1 saturated heterocycles. The predicted molar refractivity (Wildman–Crippen MR) is 95.6 cm³/mol. The molecule has 1 fully saturated rings. The molecule has 0 spiro atoms. The van der Waals surface area contributed by atoms with Crippen LogP contribution in [0, 0.1) is 5.92 Å². The normalized spacial score (nSPS) is 33.1. The highest BCUT2D eigenvalue weighted by Crippen LogP contribution is 2.28. The van der Waals surface area contributed by atoms with Gasteiger partial charge in [-0.2, -0.15) is 0 Å². The zero-order valence-corrected chi connectivity index (χ0v) is 15.9. The molecule has 2 N–H and O–H groups in total. The van der Waals surface area contributed by atoms with Gasteiger partial charge in [-0.05, 0) is 20.4 Å². The van der Waals surface area contributed by atoms with Gasteiger partial charge in [-0.25, -0.2) is 9.59 Å². The minimum Gasteiger partial charge on any atom is -0.458 e. The van der Waals surface area contributed by atoms with Gasteiger partial charge in [0.05, 0.1) is 6.61 Å².